The molecule has 4 heteroatoms. The molecule has 0 spiro atoms. The molecule has 1 amide bonds. The summed E-state index contributed by atoms with van der Waals surface area (Å²) in [5, 5.41) is 0. The van der Waals surface area contributed by atoms with Crippen molar-refractivity contribution in [3.63, 3.8) is 0 Å². The van der Waals surface area contributed by atoms with Gasteiger partial charge in [0.25, 0.3) is 5.91 Å². The Balaban J connectivity index is 2.15. The second-order valence-corrected chi connectivity index (χ2v) is 4.87. The molecule has 0 atom stereocenters. The molecule has 2 aromatic carbocycles. The molecule has 0 radical (unpaired) electrons. The third-order valence-corrected chi connectivity index (χ3v) is 3.10. The van der Waals surface area contributed by atoms with Crippen LogP contribution in [0.25, 0.3) is 0 Å². The largest absolute Gasteiger partial charge is 0.494 e. The minimum Gasteiger partial charge on any atom is -0.494 e. The Kier molecular flexibility index (Phi) is 4.82. The smallest absolute Gasteiger partial charge is 0.254 e. The summed E-state index contributed by atoms with van der Waals surface area (Å²) in [5.41, 5.74) is 7.98. The van der Waals surface area contributed by atoms with Gasteiger partial charge in [-0.1, -0.05) is 30.3 Å². The number of benzene rings is 2. The summed E-state index contributed by atoms with van der Waals surface area (Å²) in [6, 6.07) is 15.0. The first-order valence-corrected chi connectivity index (χ1v) is 6.93. The van der Waals surface area contributed by atoms with E-state index in [0.717, 1.165) is 5.56 Å². The van der Waals surface area contributed by atoms with E-state index in [4.69, 9.17) is 10.5 Å². The van der Waals surface area contributed by atoms with E-state index >= 15 is 0 Å². The topological polar surface area (TPSA) is 55.6 Å². The molecular weight excluding hydrogens is 264 g/mol. The molecular formula is C17H20N2O2. The van der Waals surface area contributed by atoms with Gasteiger partial charge in [0.05, 0.1) is 6.61 Å². The van der Waals surface area contributed by atoms with Gasteiger partial charge in [-0.2, -0.15) is 0 Å². The van der Waals surface area contributed by atoms with Gasteiger partial charge in [-0.25, -0.2) is 0 Å². The molecule has 21 heavy (non-hydrogen) atoms. The number of hydrogen-bond acceptors (Lipinski definition) is 3. The van der Waals surface area contributed by atoms with Crippen LogP contribution < -0.4 is 10.5 Å². The maximum absolute atomic E-state index is 12.5. The van der Waals surface area contributed by atoms with Crippen molar-refractivity contribution in [1.29, 1.82) is 0 Å². The van der Waals surface area contributed by atoms with E-state index in [0.29, 0.717) is 30.2 Å². The predicted octanol–water partition coefficient (Wildman–Crippen LogP) is 2.94. The summed E-state index contributed by atoms with van der Waals surface area (Å²) in [6.07, 6.45) is 0. The molecule has 0 saturated carbocycles. The van der Waals surface area contributed by atoms with Crippen molar-refractivity contribution in [3.05, 3.63) is 59.7 Å². The van der Waals surface area contributed by atoms with Crippen LogP contribution >= 0.6 is 0 Å². The number of hydrogen-bond donors (Lipinski definition) is 1. The number of nitrogens with zero attached hydrogens (tertiary/aromatic N) is 1. The monoisotopic (exact) mass is 284 g/mol. The van der Waals surface area contributed by atoms with Crippen molar-refractivity contribution in [2.24, 2.45) is 0 Å². The van der Waals surface area contributed by atoms with Crippen LogP contribution in [0, 0.1) is 0 Å². The molecule has 4 nitrogen and oxygen atoms in total. The number of nitrogens with two attached hydrogens (primary N) is 1. The molecule has 0 bridgehead atoms. The van der Waals surface area contributed by atoms with Crippen LogP contribution in [-0.2, 0) is 6.54 Å². The van der Waals surface area contributed by atoms with E-state index in [1.165, 1.54) is 0 Å². The second kappa shape index (κ2) is 6.79. The Bertz CT molecular complexity index is 611. The quantitative estimate of drug-likeness (QED) is 0.859. The molecule has 0 heterocycles. The van der Waals surface area contributed by atoms with Crippen molar-refractivity contribution in [2.45, 2.75) is 13.5 Å². The molecule has 0 aliphatic heterocycles. The standard InChI is InChI=1S/C17H20N2O2/c1-3-21-16-10-14(9-15(18)11-16)17(20)19(2)12-13-7-5-4-6-8-13/h4-11H,3,12,18H2,1-2H3. The zero-order valence-electron chi connectivity index (χ0n) is 12.4. The highest BCUT2D eigenvalue weighted by molar-refractivity contribution is 5.95. The Morgan fingerprint density at radius 1 is 1.19 bits per heavy atom. The van der Waals surface area contributed by atoms with Gasteiger partial charge in [-0.05, 0) is 24.6 Å². The number of ether oxygens (including phenoxy) is 1. The predicted molar refractivity (Wildman–Crippen MR) is 84.3 cm³/mol. The van der Waals surface area contributed by atoms with Gasteiger partial charge in [-0.3, -0.25) is 4.79 Å². The highest BCUT2D eigenvalue weighted by atomic mass is 16.5. The van der Waals surface area contributed by atoms with Gasteiger partial charge < -0.3 is 15.4 Å². The van der Waals surface area contributed by atoms with Gasteiger partial charge >= 0.3 is 0 Å². The number of nitrogen functional groups attached to an aromatic ring is 1. The van der Waals surface area contributed by atoms with Crippen molar-refractivity contribution in [2.75, 3.05) is 19.4 Å². The SMILES string of the molecule is CCOc1cc(N)cc(C(=O)N(C)Cc2ccccc2)c1. The van der Waals surface area contributed by atoms with E-state index in [9.17, 15) is 4.79 Å². The molecule has 2 aromatic rings. The lowest BCUT2D eigenvalue weighted by Crippen LogP contribution is -2.26. The molecule has 110 valence electrons. The van der Waals surface area contributed by atoms with Crippen molar-refractivity contribution < 1.29 is 9.53 Å². The maximum Gasteiger partial charge on any atom is 0.254 e. The Morgan fingerprint density at radius 3 is 2.57 bits per heavy atom. The number of carbonyl (C=O) groups is 1. The fourth-order valence-electron chi connectivity index (χ4n) is 2.15. The number of rotatable bonds is 5. The number of carbonyl (C=O) groups excluding carboxylic acids is 1. The maximum atomic E-state index is 12.5. The first-order chi connectivity index (χ1) is 10.1. The van der Waals surface area contributed by atoms with Crippen LogP contribution in [0.1, 0.15) is 22.8 Å². The summed E-state index contributed by atoms with van der Waals surface area (Å²) in [4.78, 5) is 14.1. The summed E-state index contributed by atoms with van der Waals surface area (Å²) < 4.78 is 5.42. The lowest BCUT2D eigenvalue weighted by Gasteiger charge is -2.18. The molecule has 2 N–H and O–H groups in total. The second-order valence-electron chi connectivity index (χ2n) is 4.87. The highest BCUT2D eigenvalue weighted by Gasteiger charge is 2.14. The Morgan fingerprint density at radius 2 is 1.90 bits per heavy atom. The lowest BCUT2D eigenvalue weighted by molar-refractivity contribution is 0.0784. The number of anilines is 1. The first-order valence-electron chi connectivity index (χ1n) is 6.93. The molecule has 0 aromatic heterocycles. The summed E-state index contributed by atoms with van der Waals surface area (Å²) >= 11 is 0. The third-order valence-electron chi connectivity index (χ3n) is 3.10. The van der Waals surface area contributed by atoms with Crippen LogP contribution in [0.2, 0.25) is 0 Å². The van der Waals surface area contributed by atoms with Crippen LogP contribution in [0.5, 0.6) is 5.75 Å². The van der Waals surface area contributed by atoms with Crippen molar-refractivity contribution in [1.82, 2.24) is 4.90 Å². The highest BCUT2D eigenvalue weighted by Crippen LogP contribution is 2.20. The summed E-state index contributed by atoms with van der Waals surface area (Å²) in [6.45, 7) is 2.99. The van der Waals surface area contributed by atoms with E-state index in [2.05, 4.69) is 0 Å². The van der Waals surface area contributed by atoms with Crippen LogP contribution in [0.4, 0.5) is 5.69 Å². The van der Waals surface area contributed by atoms with Gasteiger partial charge in [0.2, 0.25) is 0 Å². The lowest BCUT2D eigenvalue weighted by atomic mass is 10.1. The van der Waals surface area contributed by atoms with Gasteiger partial charge in [0.1, 0.15) is 5.75 Å². The molecule has 0 fully saturated rings. The molecule has 0 unspecified atom stereocenters. The van der Waals surface area contributed by atoms with Gasteiger partial charge in [0, 0.05) is 30.9 Å². The van der Waals surface area contributed by atoms with Crippen LogP contribution in [-0.4, -0.2) is 24.5 Å². The molecule has 0 aliphatic carbocycles. The molecule has 0 saturated heterocycles. The zero-order valence-corrected chi connectivity index (χ0v) is 12.4. The fourth-order valence-corrected chi connectivity index (χ4v) is 2.15. The molecule has 2 rings (SSSR count). The summed E-state index contributed by atoms with van der Waals surface area (Å²) in [5.74, 6) is 0.543. The van der Waals surface area contributed by atoms with E-state index in [1.807, 2.05) is 37.3 Å². The van der Waals surface area contributed by atoms with Crippen molar-refractivity contribution >= 4 is 11.6 Å². The average Bonchev–Trinajstić information content (AvgIpc) is 2.47. The fraction of sp³-hybridized carbons (Fsp3) is 0.235. The zero-order chi connectivity index (χ0) is 15.2. The van der Waals surface area contributed by atoms with E-state index < -0.39 is 0 Å². The normalized spacial score (nSPS) is 10.2. The van der Waals surface area contributed by atoms with Gasteiger partial charge in [-0.15, -0.1) is 0 Å². The van der Waals surface area contributed by atoms with Gasteiger partial charge in [0.15, 0.2) is 0 Å². The van der Waals surface area contributed by atoms with Crippen LogP contribution in [0.15, 0.2) is 48.5 Å². The average molecular weight is 284 g/mol. The Hall–Kier alpha value is -2.49. The van der Waals surface area contributed by atoms with Crippen LogP contribution in [0.3, 0.4) is 0 Å². The molecule has 0 aliphatic rings. The van der Waals surface area contributed by atoms with Crippen molar-refractivity contribution in [3.8, 4) is 5.75 Å². The minimum atomic E-state index is -0.0768. The van der Waals surface area contributed by atoms with E-state index in [1.54, 1.807) is 30.1 Å². The number of amides is 1. The summed E-state index contributed by atoms with van der Waals surface area (Å²) in [7, 11) is 1.78. The minimum absolute atomic E-state index is 0.0768. The Labute approximate surface area is 125 Å². The van der Waals surface area contributed by atoms with E-state index in [-0.39, 0.29) is 5.91 Å². The third kappa shape index (κ3) is 3.99. The first kappa shape index (κ1) is 14.9.